The van der Waals surface area contributed by atoms with Crippen molar-refractivity contribution >= 4 is 76.7 Å². The molecule has 0 saturated carbocycles. The zero-order valence-electron chi connectivity index (χ0n) is 46.0. The molecule has 8 aromatic rings. The van der Waals surface area contributed by atoms with Gasteiger partial charge in [0.1, 0.15) is 33.8 Å². The third-order valence-corrected chi connectivity index (χ3v) is 17.9. The Morgan fingerprint density at radius 2 is 1.11 bits per heavy atom. The van der Waals surface area contributed by atoms with Gasteiger partial charge in [-0.1, -0.05) is 45.0 Å². The average Bonchev–Trinajstić information content (AvgIpc) is 4.10. The summed E-state index contributed by atoms with van der Waals surface area (Å²) in [5.74, 6) is -0.530. The topological polar surface area (TPSA) is 213 Å². The zero-order valence-corrected chi connectivity index (χ0v) is 47.8. The molecule has 0 saturated heterocycles. The van der Waals surface area contributed by atoms with Gasteiger partial charge in [0.2, 0.25) is 0 Å². The standard InChI is InChI=1S/C30H45N7O2Si.C24H31N7O2.ClH/c1-20-12-13-21-24(16-20)37(15-11-14-36(7)8)35-25(21)23-18-32-27-26(33-23)22(17-31-27)28(38)34-30(5,6)19-39-40(9,10)29(2,3)4;1-15-7-8-16-19(11-15)31(10-6-9-30(4)5)29-20(16)18-13-26-22-21(27-18)17(12-25-22)23(33)28-24(2,3)14-32;/h12-13,16-18H,11,14-15,19H2,1-10H3,(H,31,32)(H,34,38);7-8,11-13,32H,6,9-10,14H2,1-5H3,(H,25,26)(H,28,33);1H. The van der Waals surface area contributed by atoms with Crippen molar-refractivity contribution in [3.05, 3.63) is 83.4 Å². The number of hydrogen-bond donors (Lipinski definition) is 5. The molecule has 20 heteroatoms. The van der Waals surface area contributed by atoms with Gasteiger partial charge in [-0.15, -0.1) is 12.4 Å². The summed E-state index contributed by atoms with van der Waals surface area (Å²) in [6.07, 6.45) is 8.64. The van der Waals surface area contributed by atoms with Crippen LogP contribution in [0.2, 0.25) is 18.1 Å². The summed E-state index contributed by atoms with van der Waals surface area (Å²) in [6.45, 7) is 26.5. The number of aliphatic hydroxyl groups excluding tert-OH is 1. The van der Waals surface area contributed by atoms with Crippen LogP contribution in [-0.4, -0.2) is 150 Å². The molecule has 0 fully saturated rings. The second kappa shape index (κ2) is 22.8. The van der Waals surface area contributed by atoms with Crippen LogP contribution in [0.5, 0.6) is 0 Å². The molecule has 6 heterocycles. The molecular formula is C54H77ClN14O4Si. The van der Waals surface area contributed by atoms with Crippen molar-refractivity contribution in [2.45, 2.75) is 117 Å². The third-order valence-electron chi connectivity index (χ3n) is 13.4. The van der Waals surface area contributed by atoms with Gasteiger partial charge in [-0.25, -0.2) is 19.9 Å². The van der Waals surface area contributed by atoms with Gasteiger partial charge in [0.25, 0.3) is 11.8 Å². The number of rotatable bonds is 18. The first kappa shape index (κ1) is 57.2. The van der Waals surface area contributed by atoms with Crippen molar-refractivity contribution in [1.82, 2.24) is 69.9 Å². The van der Waals surface area contributed by atoms with Crippen LogP contribution < -0.4 is 10.6 Å². The number of aromatic amines is 2. The lowest BCUT2D eigenvalue weighted by molar-refractivity contribution is 0.0865. The lowest BCUT2D eigenvalue weighted by Crippen LogP contribution is -2.51. The lowest BCUT2D eigenvalue weighted by Gasteiger charge is -2.39. The molecule has 18 nitrogen and oxygen atoms in total. The minimum Gasteiger partial charge on any atom is -0.414 e. The van der Waals surface area contributed by atoms with E-state index < -0.39 is 19.4 Å². The number of H-pyrrole nitrogens is 2. The van der Waals surface area contributed by atoms with Crippen molar-refractivity contribution in [1.29, 1.82) is 0 Å². The molecule has 74 heavy (non-hydrogen) atoms. The molecule has 398 valence electrons. The summed E-state index contributed by atoms with van der Waals surface area (Å²) in [6, 6.07) is 12.6. The van der Waals surface area contributed by atoms with E-state index in [9.17, 15) is 14.7 Å². The van der Waals surface area contributed by atoms with Crippen LogP contribution in [0.1, 0.15) is 93.2 Å². The number of benzene rings is 2. The van der Waals surface area contributed by atoms with Crippen LogP contribution in [0.4, 0.5) is 0 Å². The quantitative estimate of drug-likeness (QED) is 0.0510. The summed E-state index contributed by atoms with van der Waals surface area (Å²) in [7, 11) is 6.33. The highest BCUT2D eigenvalue weighted by Gasteiger charge is 2.39. The number of carbonyl (C=O) groups excluding carboxylic acids is 2. The van der Waals surface area contributed by atoms with E-state index in [1.165, 1.54) is 11.1 Å². The van der Waals surface area contributed by atoms with Crippen LogP contribution in [0.25, 0.3) is 66.9 Å². The van der Waals surface area contributed by atoms with Gasteiger partial charge < -0.3 is 39.9 Å². The molecule has 2 aromatic carbocycles. The van der Waals surface area contributed by atoms with Gasteiger partial charge in [-0.2, -0.15) is 10.2 Å². The Bertz CT molecular complexity index is 3250. The van der Waals surface area contributed by atoms with E-state index in [1.54, 1.807) is 38.6 Å². The van der Waals surface area contributed by atoms with Gasteiger partial charge in [0.15, 0.2) is 19.6 Å². The maximum atomic E-state index is 13.5. The fraction of sp³-hybridized carbons (Fsp3) is 0.481. The fourth-order valence-corrected chi connectivity index (χ4v) is 9.27. The molecule has 8 rings (SSSR count). The molecular weight excluding hydrogens is 972 g/mol. The lowest BCUT2D eigenvalue weighted by atomic mass is 10.1. The molecule has 0 aliphatic heterocycles. The molecule has 0 spiro atoms. The van der Waals surface area contributed by atoms with E-state index in [0.29, 0.717) is 51.4 Å². The van der Waals surface area contributed by atoms with E-state index >= 15 is 0 Å². The average molecular weight is 1050 g/mol. The van der Waals surface area contributed by atoms with Crippen molar-refractivity contribution in [3.8, 4) is 22.8 Å². The Morgan fingerprint density at radius 3 is 1.50 bits per heavy atom. The number of aromatic nitrogens is 10. The summed E-state index contributed by atoms with van der Waals surface area (Å²) < 4.78 is 10.5. The molecule has 5 N–H and O–H groups in total. The Balaban J connectivity index is 0.000000242. The Morgan fingerprint density at radius 1 is 0.689 bits per heavy atom. The highest BCUT2D eigenvalue weighted by atomic mass is 35.5. The van der Waals surface area contributed by atoms with Gasteiger partial charge in [-0.05, 0) is 137 Å². The number of aliphatic hydroxyl groups is 1. The second-order valence-corrected chi connectivity index (χ2v) is 27.5. The van der Waals surface area contributed by atoms with Crippen molar-refractivity contribution in [2.75, 3.05) is 54.5 Å². The normalized spacial score (nSPS) is 12.5. The molecule has 0 aliphatic carbocycles. The molecule has 0 aliphatic rings. The predicted octanol–water partition coefficient (Wildman–Crippen LogP) is 8.92. The van der Waals surface area contributed by atoms with Crippen molar-refractivity contribution in [2.24, 2.45) is 0 Å². The molecule has 0 bridgehead atoms. The van der Waals surface area contributed by atoms with Gasteiger partial charge in [0.05, 0.1) is 58.8 Å². The number of amides is 2. The molecule has 0 radical (unpaired) electrons. The van der Waals surface area contributed by atoms with E-state index in [2.05, 4.69) is 157 Å². The molecule has 0 unspecified atom stereocenters. The minimum atomic E-state index is -1.95. The highest BCUT2D eigenvalue weighted by Crippen LogP contribution is 2.37. The van der Waals surface area contributed by atoms with Crippen molar-refractivity contribution < 1.29 is 19.1 Å². The fourth-order valence-electron chi connectivity index (χ4n) is 8.12. The van der Waals surface area contributed by atoms with Gasteiger partial charge >= 0.3 is 0 Å². The number of halogens is 1. The number of aryl methyl sites for hydroxylation is 4. The third kappa shape index (κ3) is 13.2. The Kier molecular flexibility index (Phi) is 17.6. The number of carbonyl (C=O) groups is 2. The first-order chi connectivity index (χ1) is 34.3. The summed E-state index contributed by atoms with van der Waals surface area (Å²) in [4.78, 5) is 55.5. The maximum Gasteiger partial charge on any atom is 0.255 e. The second-order valence-electron chi connectivity index (χ2n) is 22.7. The van der Waals surface area contributed by atoms with Crippen LogP contribution >= 0.6 is 12.4 Å². The molecule has 2 amide bonds. The predicted molar refractivity (Wildman–Crippen MR) is 302 cm³/mol. The smallest absolute Gasteiger partial charge is 0.255 e. The van der Waals surface area contributed by atoms with E-state index in [1.807, 2.05) is 18.5 Å². The number of fused-ring (bicyclic) bond motifs is 4. The summed E-state index contributed by atoms with van der Waals surface area (Å²) in [5.41, 5.74) is 8.86. The van der Waals surface area contributed by atoms with E-state index in [-0.39, 0.29) is 35.9 Å². The van der Waals surface area contributed by atoms with Gasteiger partial charge in [-0.3, -0.25) is 19.0 Å². The Labute approximate surface area is 442 Å². The SMILES string of the molecule is Cc1ccc2c(-c3cnc4[nH]cc(C(=O)NC(C)(C)CO)c4n3)nn(CCCN(C)C)c2c1.Cc1ccc2c(-c3cnc4[nH]cc(C(=O)NC(C)(C)CO[Si](C)(C)C(C)(C)C)c4n3)nn(CCCN(C)C)c2c1.Cl. The largest absolute Gasteiger partial charge is 0.414 e. The minimum absolute atomic E-state index is 0. The van der Waals surface area contributed by atoms with Crippen molar-refractivity contribution in [3.63, 3.8) is 0 Å². The van der Waals surface area contributed by atoms with E-state index in [0.717, 1.165) is 72.2 Å². The first-order valence-corrected chi connectivity index (χ1v) is 28.0. The zero-order chi connectivity index (χ0) is 53.2. The highest BCUT2D eigenvalue weighted by molar-refractivity contribution is 6.74. The van der Waals surface area contributed by atoms with Crippen LogP contribution in [0.15, 0.2) is 61.2 Å². The van der Waals surface area contributed by atoms with E-state index in [4.69, 9.17) is 24.6 Å². The summed E-state index contributed by atoms with van der Waals surface area (Å²) in [5, 5.41) is 27.5. The van der Waals surface area contributed by atoms with Crippen LogP contribution in [0.3, 0.4) is 0 Å². The number of nitrogens with zero attached hydrogens (tertiary/aromatic N) is 10. The maximum absolute atomic E-state index is 13.5. The Hall–Kier alpha value is -6.09. The molecule has 0 atom stereocenters. The van der Waals surface area contributed by atoms with Crippen LogP contribution in [-0.2, 0) is 17.5 Å². The van der Waals surface area contributed by atoms with Gasteiger partial charge in [0, 0.05) is 36.3 Å². The number of hydrogen-bond acceptors (Lipinski definition) is 12. The monoisotopic (exact) mass is 1050 g/mol. The number of nitrogens with one attached hydrogen (secondary N) is 4. The van der Waals surface area contributed by atoms with Crippen LogP contribution in [0, 0.1) is 13.8 Å². The molecule has 6 aromatic heterocycles. The first-order valence-electron chi connectivity index (χ1n) is 25.1. The summed E-state index contributed by atoms with van der Waals surface area (Å²) >= 11 is 0.